The molecule has 1 aliphatic heterocycles. The number of benzene rings is 2. The summed E-state index contributed by atoms with van der Waals surface area (Å²) in [5.41, 5.74) is 5.34. The van der Waals surface area contributed by atoms with E-state index < -0.39 is 8.32 Å². The van der Waals surface area contributed by atoms with Crippen LogP contribution < -0.4 is 10.8 Å². The van der Waals surface area contributed by atoms with E-state index in [1.807, 2.05) is 48.5 Å². The van der Waals surface area contributed by atoms with Crippen LogP contribution in [0.1, 0.15) is 52.7 Å². The van der Waals surface area contributed by atoms with Gasteiger partial charge in [0.25, 0.3) is 0 Å². The minimum Gasteiger partial charge on any atom is -0.422 e. The van der Waals surface area contributed by atoms with E-state index >= 15 is 0 Å². The lowest BCUT2D eigenvalue weighted by atomic mass is 10.0. The molecule has 5 heteroatoms. The van der Waals surface area contributed by atoms with E-state index in [9.17, 15) is 4.79 Å². The largest absolute Gasteiger partial charge is 0.422 e. The summed E-state index contributed by atoms with van der Waals surface area (Å²) in [4.78, 5) is 18.2. The van der Waals surface area contributed by atoms with Crippen LogP contribution in [0, 0.1) is 0 Å². The Morgan fingerprint density at radius 3 is 2.29 bits per heavy atom. The van der Waals surface area contributed by atoms with E-state index in [1.54, 1.807) is 0 Å². The van der Waals surface area contributed by atoms with E-state index in [0.29, 0.717) is 27.9 Å². The van der Waals surface area contributed by atoms with Gasteiger partial charge in [0.15, 0.2) is 0 Å². The van der Waals surface area contributed by atoms with Crippen LogP contribution in [0.3, 0.4) is 0 Å². The molecule has 4 nitrogen and oxygen atoms in total. The summed E-state index contributed by atoms with van der Waals surface area (Å²) >= 11 is 0. The lowest BCUT2D eigenvalue weighted by Gasteiger charge is -2.36. The van der Waals surface area contributed by atoms with Crippen molar-refractivity contribution < 1.29 is 8.84 Å². The Morgan fingerprint density at radius 1 is 0.941 bits per heavy atom. The van der Waals surface area contributed by atoms with Crippen molar-refractivity contribution in [3.63, 3.8) is 0 Å². The van der Waals surface area contributed by atoms with Crippen LogP contribution in [0.4, 0.5) is 0 Å². The number of para-hydroxylation sites is 1. The van der Waals surface area contributed by atoms with Crippen molar-refractivity contribution in [1.82, 2.24) is 4.98 Å². The Morgan fingerprint density at radius 2 is 1.62 bits per heavy atom. The standard InChI is InChI=1S/C29H31NO3Si/c1-6-25-23-17-24(22-16-21-14-10-11-15-26(21)32-29(22)31)30-27(20-12-8-7-9-13-20)28(23)34(33-25,18(2)3)19(4)5/h7-19,25H,6H2,1-5H3/t25-/m1/s1. The first-order valence-corrected chi connectivity index (χ1v) is 14.2. The molecule has 2 aromatic carbocycles. The summed E-state index contributed by atoms with van der Waals surface area (Å²) in [5, 5.41) is 2.18. The van der Waals surface area contributed by atoms with Gasteiger partial charge in [-0.1, -0.05) is 83.1 Å². The van der Waals surface area contributed by atoms with Gasteiger partial charge < -0.3 is 8.84 Å². The normalized spacial score (nSPS) is 17.0. The maximum absolute atomic E-state index is 13.0. The summed E-state index contributed by atoms with van der Waals surface area (Å²) in [5.74, 6) is 0. The molecule has 4 aromatic rings. The Bertz CT molecular complexity index is 1400. The molecule has 0 aliphatic carbocycles. The Balaban J connectivity index is 1.86. The summed E-state index contributed by atoms with van der Waals surface area (Å²) < 4.78 is 12.7. The van der Waals surface area contributed by atoms with E-state index in [1.165, 1.54) is 10.8 Å². The molecule has 5 rings (SSSR count). The molecule has 174 valence electrons. The molecule has 0 bridgehead atoms. The molecule has 34 heavy (non-hydrogen) atoms. The lowest BCUT2D eigenvalue weighted by molar-refractivity contribution is 0.198. The molecule has 1 aliphatic rings. The predicted octanol–water partition coefficient (Wildman–Crippen LogP) is 6.98. The van der Waals surface area contributed by atoms with Crippen molar-refractivity contribution in [1.29, 1.82) is 0 Å². The third-order valence-corrected chi connectivity index (χ3v) is 12.6. The second-order valence-electron chi connectivity index (χ2n) is 9.79. The summed E-state index contributed by atoms with van der Waals surface area (Å²) in [7, 11) is -2.36. The molecule has 3 heterocycles. The highest BCUT2D eigenvalue weighted by molar-refractivity contribution is 6.90. The van der Waals surface area contributed by atoms with Gasteiger partial charge >= 0.3 is 5.63 Å². The van der Waals surface area contributed by atoms with Gasteiger partial charge in [0.2, 0.25) is 8.32 Å². The second kappa shape index (κ2) is 8.64. The molecule has 0 radical (unpaired) electrons. The van der Waals surface area contributed by atoms with Gasteiger partial charge in [-0.05, 0) is 41.3 Å². The quantitative estimate of drug-likeness (QED) is 0.234. The fourth-order valence-electron chi connectivity index (χ4n) is 5.59. The average molecular weight is 470 g/mol. The number of pyridine rings is 1. The number of aromatic nitrogens is 1. The van der Waals surface area contributed by atoms with Crippen LogP contribution in [-0.4, -0.2) is 13.3 Å². The van der Waals surface area contributed by atoms with Crippen LogP contribution in [0.15, 0.2) is 75.9 Å². The van der Waals surface area contributed by atoms with Crippen molar-refractivity contribution in [2.24, 2.45) is 0 Å². The zero-order chi connectivity index (χ0) is 24.0. The van der Waals surface area contributed by atoms with Crippen molar-refractivity contribution in [3.05, 3.63) is 82.7 Å². The van der Waals surface area contributed by atoms with Crippen molar-refractivity contribution in [2.75, 3.05) is 0 Å². The number of hydrogen-bond donors (Lipinski definition) is 0. The molecular weight excluding hydrogens is 438 g/mol. The van der Waals surface area contributed by atoms with Crippen LogP contribution >= 0.6 is 0 Å². The van der Waals surface area contributed by atoms with Crippen LogP contribution in [-0.2, 0) is 4.43 Å². The molecule has 0 amide bonds. The first-order valence-electron chi connectivity index (χ1n) is 12.2. The fraction of sp³-hybridized carbons (Fsp3) is 0.310. The Hall–Kier alpha value is -3.02. The van der Waals surface area contributed by atoms with Gasteiger partial charge in [-0.15, -0.1) is 0 Å². The van der Waals surface area contributed by atoms with Gasteiger partial charge in [-0.3, -0.25) is 0 Å². The monoisotopic (exact) mass is 469 g/mol. The molecule has 0 unspecified atom stereocenters. The Labute approximate surface area is 201 Å². The number of fused-ring (bicyclic) bond motifs is 2. The lowest BCUT2D eigenvalue weighted by Crippen LogP contribution is -2.53. The van der Waals surface area contributed by atoms with E-state index in [4.69, 9.17) is 13.8 Å². The molecule has 0 saturated heterocycles. The average Bonchev–Trinajstić information content (AvgIpc) is 3.19. The SMILES string of the molecule is CC[C@H]1O[Si](C(C)C)(C(C)C)c2c1cc(-c1cc3ccccc3oc1=O)nc2-c1ccccc1. The topological polar surface area (TPSA) is 52.3 Å². The number of hydrogen-bond acceptors (Lipinski definition) is 4. The zero-order valence-electron chi connectivity index (χ0n) is 20.5. The molecule has 0 N–H and O–H groups in total. The highest BCUT2D eigenvalue weighted by Gasteiger charge is 2.54. The van der Waals surface area contributed by atoms with Crippen molar-refractivity contribution in [2.45, 2.75) is 58.2 Å². The van der Waals surface area contributed by atoms with Gasteiger partial charge in [-0.25, -0.2) is 9.78 Å². The smallest absolute Gasteiger partial charge is 0.345 e. The highest BCUT2D eigenvalue weighted by Crippen LogP contribution is 2.46. The Kier molecular flexibility index (Phi) is 5.78. The molecular formula is C29H31NO3Si. The summed E-state index contributed by atoms with van der Waals surface area (Å²) in [6.07, 6.45) is 0.883. The molecule has 0 fully saturated rings. The summed E-state index contributed by atoms with van der Waals surface area (Å²) in [6.45, 7) is 11.3. The fourth-order valence-corrected chi connectivity index (χ4v) is 10.8. The second-order valence-corrected chi connectivity index (χ2v) is 14.4. The number of nitrogens with zero attached hydrogens (tertiary/aromatic N) is 1. The van der Waals surface area contributed by atoms with Crippen LogP contribution in [0.25, 0.3) is 33.5 Å². The maximum Gasteiger partial charge on any atom is 0.345 e. The maximum atomic E-state index is 13.0. The van der Waals surface area contributed by atoms with Crippen LogP contribution in [0.2, 0.25) is 11.1 Å². The third kappa shape index (κ3) is 3.46. The summed E-state index contributed by atoms with van der Waals surface area (Å²) in [6, 6.07) is 21.9. The van der Waals surface area contributed by atoms with E-state index in [-0.39, 0.29) is 11.7 Å². The molecule has 0 saturated carbocycles. The van der Waals surface area contributed by atoms with Gasteiger partial charge in [0.05, 0.1) is 23.1 Å². The van der Waals surface area contributed by atoms with E-state index in [2.05, 4.69) is 52.8 Å². The molecule has 2 aromatic heterocycles. The molecule has 0 spiro atoms. The van der Waals surface area contributed by atoms with E-state index in [0.717, 1.165) is 23.1 Å². The van der Waals surface area contributed by atoms with Gasteiger partial charge in [0.1, 0.15) is 5.58 Å². The van der Waals surface area contributed by atoms with Gasteiger partial charge in [0, 0.05) is 16.1 Å². The zero-order valence-corrected chi connectivity index (χ0v) is 21.5. The van der Waals surface area contributed by atoms with Crippen molar-refractivity contribution >= 4 is 24.5 Å². The minimum absolute atomic E-state index is 0.00294. The first kappa shape index (κ1) is 22.8. The third-order valence-electron chi connectivity index (χ3n) is 7.18. The van der Waals surface area contributed by atoms with Crippen LogP contribution in [0.5, 0.6) is 0 Å². The highest BCUT2D eigenvalue weighted by atomic mass is 28.4. The van der Waals surface area contributed by atoms with Gasteiger partial charge in [-0.2, -0.15) is 0 Å². The minimum atomic E-state index is -2.36. The predicted molar refractivity (Wildman–Crippen MR) is 141 cm³/mol. The van der Waals surface area contributed by atoms with Crippen molar-refractivity contribution in [3.8, 4) is 22.5 Å². The molecule has 1 atom stereocenters. The first-order chi connectivity index (χ1) is 16.4. The number of rotatable bonds is 5.